The first-order valence-corrected chi connectivity index (χ1v) is 7.27. The molecule has 3 heteroatoms. The Morgan fingerprint density at radius 2 is 1.83 bits per heavy atom. The van der Waals surface area contributed by atoms with Crippen LogP contribution in [0, 0.1) is 0 Å². The van der Waals surface area contributed by atoms with Crippen LogP contribution in [0.25, 0.3) is 0 Å². The van der Waals surface area contributed by atoms with Gasteiger partial charge in [-0.15, -0.1) is 0 Å². The van der Waals surface area contributed by atoms with Crippen LogP contribution < -0.4 is 10.1 Å². The number of ether oxygens (including phenoxy) is 1. The molecule has 0 aliphatic rings. The second kappa shape index (κ2) is 8.25. The number of nitrogens with one attached hydrogen (secondary N) is 1. The molecule has 2 nitrogen and oxygen atoms in total. The quantitative estimate of drug-likeness (QED) is 0.707. The Labute approximate surface area is 116 Å². The number of benzene rings is 1. The van der Waals surface area contributed by atoms with Gasteiger partial charge in [-0.1, -0.05) is 38.3 Å². The van der Waals surface area contributed by atoms with Crippen molar-refractivity contribution in [2.45, 2.75) is 52.5 Å². The molecule has 0 fully saturated rings. The van der Waals surface area contributed by atoms with Crippen molar-refractivity contribution in [1.82, 2.24) is 0 Å². The lowest BCUT2D eigenvalue weighted by Gasteiger charge is -2.19. The Morgan fingerprint density at radius 3 is 2.33 bits per heavy atom. The lowest BCUT2D eigenvalue weighted by Crippen LogP contribution is -2.18. The summed E-state index contributed by atoms with van der Waals surface area (Å²) in [5.41, 5.74) is 1.08. The molecule has 0 unspecified atom stereocenters. The summed E-state index contributed by atoms with van der Waals surface area (Å²) in [6.45, 7) is 7.03. The highest BCUT2D eigenvalue weighted by molar-refractivity contribution is 6.32. The minimum Gasteiger partial charge on any atom is -0.492 e. The van der Waals surface area contributed by atoms with Gasteiger partial charge in [0.15, 0.2) is 0 Å². The Kier molecular flexibility index (Phi) is 6.96. The second-order valence-corrected chi connectivity index (χ2v) is 4.90. The molecule has 0 saturated heterocycles. The number of rotatable bonds is 8. The van der Waals surface area contributed by atoms with E-state index in [9.17, 15) is 0 Å². The highest BCUT2D eigenvalue weighted by Crippen LogP contribution is 2.28. The number of hydrogen-bond acceptors (Lipinski definition) is 2. The van der Waals surface area contributed by atoms with Crippen molar-refractivity contribution in [1.29, 1.82) is 0 Å². The molecule has 1 rings (SSSR count). The Morgan fingerprint density at radius 1 is 1.17 bits per heavy atom. The van der Waals surface area contributed by atoms with E-state index >= 15 is 0 Å². The van der Waals surface area contributed by atoms with Crippen LogP contribution >= 0.6 is 11.6 Å². The SMILES string of the molecule is CCCC(CCC)Nc1ccc(OCC)c(Cl)c1. The summed E-state index contributed by atoms with van der Waals surface area (Å²) in [6.07, 6.45) is 4.78. The third-order valence-electron chi connectivity index (χ3n) is 2.88. The Hall–Kier alpha value is -0.890. The minimum absolute atomic E-state index is 0.536. The largest absolute Gasteiger partial charge is 0.492 e. The summed E-state index contributed by atoms with van der Waals surface area (Å²) < 4.78 is 5.43. The number of anilines is 1. The molecule has 1 aromatic rings. The first-order chi connectivity index (χ1) is 8.71. The van der Waals surface area contributed by atoms with Crippen LogP contribution in [0.3, 0.4) is 0 Å². The van der Waals surface area contributed by atoms with Crippen molar-refractivity contribution in [3.8, 4) is 5.75 Å². The maximum absolute atomic E-state index is 6.18. The van der Waals surface area contributed by atoms with Gasteiger partial charge in [-0.25, -0.2) is 0 Å². The van der Waals surface area contributed by atoms with E-state index in [-0.39, 0.29) is 0 Å². The van der Waals surface area contributed by atoms with Crippen LogP contribution in [0.15, 0.2) is 18.2 Å². The van der Waals surface area contributed by atoms with Gasteiger partial charge in [0.25, 0.3) is 0 Å². The molecule has 0 amide bonds. The van der Waals surface area contributed by atoms with Crippen LogP contribution in [-0.2, 0) is 0 Å². The topological polar surface area (TPSA) is 21.3 Å². The van der Waals surface area contributed by atoms with E-state index in [4.69, 9.17) is 16.3 Å². The van der Waals surface area contributed by atoms with E-state index in [1.807, 2.05) is 25.1 Å². The Balaban J connectivity index is 2.68. The van der Waals surface area contributed by atoms with Gasteiger partial charge < -0.3 is 10.1 Å². The average Bonchev–Trinajstić information content (AvgIpc) is 2.33. The van der Waals surface area contributed by atoms with E-state index in [2.05, 4.69) is 19.2 Å². The maximum Gasteiger partial charge on any atom is 0.138 e. The lowest BCUT2D eigenvalue weighted by molar-refractivity contribution is 0.340. The van der Waals surface area contributed by atoms with Gasteiger partial charge in [0, 0.05) is 11.7 Å². The van der Waals surface area contributed by atoms with Crippen LogP contribution in [0.4, 0.5) is 5.69 Å². The molecule has 0 heterocycles. The highest BCUT2D eigenvalue weighted by atomic mass is 35.5. The van der Waals surface area contributed by atoms with E-state index < -0.39 is 0 Å². The summed E-state index contributed by atoms with van der Waals surface area (Å²) in [5, 5.41) is 4.23. The van der Waals surface area contributed by atoms with Crippen LogP contribution in [-0.4, -0.2) is 12.6 Å². The zero-order chi connectivity index (χ0) is 13.4. The van der Waals surface area contributed by atoms with Crippen LogP contribution in [0.5, 0.6) is 5.75 Å². The average molecular weight is 270 g/mol. The van der Waals surface area contributed by atoms with E-state index in [1.165, 1.54) is 25.7 Å². The minimum atomic E-state index is 0.536. The van der Waals surface area contributed by atoms with Crippen molar-refractivity contribution in [3.05, 3.63) is 23.2 Å². The van der Waals surface area contributed by atoms with Gasteiger partial charge in [0.05, 0.1) is 11.6 Å². The van der Waals surface area contributed by atoms with Crippen molar-refractivity contribution in [2.24, 2.45) is 0 Å². The first-order valence-electron chi connectivity index (χ1n) is 6.90. The van der Waals surface area contributed by atoms with Crippen molar-refractivity contribution < 1.29 is 4.74 Å². The molecular formula is C15H24ClNO. The molecule has 0 spiro atoms. The van der Waals surface area contributed by atoms with Gasteiger partial charge in [-0.3, -0.25) is 0 Å². The fourth-order valence-corrected chi connectivity index (χ4v) is 2.32. The molecule has 0 atom stereocenters. The fourth-order valence-electron chi connectivity index (χ4n) is 2.08. The van der Waals surface area contributed by atoms with Crippen LogP contribution in [0.1, 0.15) is 46.5 Å². The van der Waals surface area contributed by atoms with Crippen molar-refractivity contribution in [2.75, 3.05) is 11.9 Å². The van der Waals surface area contributed by atoms with E-state index in [0.717, 1.165) is 11.4 Å². The second-order valence-electron chi connectivity index (χ2n) is 4.50. The maximum atomic E-state index is 6.18. The smallest absolute Gasteiger partial charge is 0.138 e. The van der Waals surface area contributed by atoms with Gasteiger partial charge in [0.2, 0.25) is 0 Å². The molecule has 0 bridgehead atoms. The Bertz CT molecular complexity index is 348. The number of halogens is 1. The van der Waals surface area contributed by atoms with Crippen molar-refractivity contribution in [3.63, 3.8) is 0 Å². The molecule has 102 valence electrons. The molecule has 0 saturated carbocycles. The fraction of sp³-hybridized carbons (Fsp3) is 0.600. The predicted molar refractivity (Wildman–Crippen MR) is 79.8 cm³/mol. The van der Waals surface area contributed by atoms with Gasteiger partial charge >= 0.3 is 0 Å². The van der Waals surface area contributed by atoms with E-state index in [0.29, 0.717) is 17.7 Å². The van der Waals surface area contributed by atoms with E-state index in [1.54, 1.807) is 0 Å². The highest BCUT2D eigenvalue weighted by Gasteiger charge is 2.08. The zero-order valence-electron chi connectivity index (χ0n) is 11.6. The molecule has 0 aromatic heterocycles. The summed E-state index contributed by atoms with van der Waals surface area (Å²) in [7, 11) is 0. The molecule has 1 N–H and O–H groups in total. The molecule has 1 aromatic carbocycles. The zero-order valence-corrected chi connectivity index (χ0v) is 12.4. The molecule has 18 heavy (non-hydrogen) atoms. The molecule has 0 radical (unpaired) electrons. The molecule has 0 aliphatic heterocycles. The summed E-state index contributed by atoms with van der Waals surface area (Å²) in [5.74, 6) is 0.757. The monoisotopic (exact) mass is 269 g/mol. The third-order valence-corrected chi connectivity index (χ3v) is 3.17. The third kappa shape index (κ3) is 4.77. The summed E-state index contributed by atoms with van der Waals surface area (Å²) in [6, 6.07) is 6.46. The van der Waals surface area contributed by atoms with Gasteiger partial charge in [-0.05, 0) is 38.0 Å². The predicted octanol–water partition coefficient (Wildman–Crippen LogP) is 5.12. The summed E-state index contributed by atoms with van der Waals surface area (Å²) in [4.78, 5) is 0. The summed E-state index contributed by atoms with van der Waals surface area (Å²) >= 11 is 6.18. The van der Waals surface area contributed by atoms with Gasteiger partial charge in [-0.2, -0.15) is 0 Å². The first kappa shape index (κ1) is 15.2. The standard InChI is InChI=1S/C15H24ClNO/c1-4-7-12(8-5-2)17-13-9-10-15(18-6-3)14(16)11-13/h9-12,17H,4-8H2,1-3H3. The molecular weight excluding hydrogens is 246 g/mol. The normalized spacial score (nSPS) is 10.7. The van der Waals surface area contributed by atoms with Gasteiger partial charge in [0.1, 0.15) is 5.75 Å². The molecule has 0 aliphatic carbocycles. The number of hydrogen-bond donors (Lipinski definition) is 1. The van der Waals surface area contributed by atoms with Crippen LogP contribution in [0.2, 0.25) is 5.02 Å². The van der Waals surface area contributed by atoms with Crippen molar-refractivity contribution >= 4 is 17.3 Å². The lowest BCUT2D eigenvalue weighted by atomic mass is 10.1.